The summed E-state index contributed by atoms with van der Waals surface area (Å²) >= 11 is 9.27. The number of hydrogen-bond acceptors (Lipinski definition) is 2. The van der Waals surface area contributed by atoms with Crippen LogP contribution in [0.4, 0.5) is 5.69 Å². The molecule has 1 N–H and O–H groups in total. The minimum absolute atomic E-state index is 0.254. The molecule has 2 rings (SSSR count). The topological polar surface area (TPSA) is 46.9 Å². The molecule has 4 nitrogen and oxygen atoms in total. The summed E-state index contributed by atoms with van der Waals surface area (Å²) in [6, 6.07) is 5.11. The zero-order chi connectivity index (χ0) is 12.4. The van der Waals surface area contributed by atoms with E-state index in [0.717, 1.165) is 4.47 Å². The summed E-state index contributed by atoms with van der Waals surface area (Å²) in [4.78, 5) is 11.9. The second-order valence-electron chi connectivity index (χ2n) is 3.48. The smallest absolute Gasteiger partial charge is 0.257 e. The molecule has 0 spiro atoms. The van der Waals surface area contributed by atoms with Crippen molar-refractivity contribution in [2.24, 2.45) is 7.05 Å². The van der Waals surface area contributed by atoms with Gasteiger partial charge in [0.25, 0.3) is 5.91 Å². The molecule has 2 aromatic rings. The van der Waals surface area contributed by atoms with Crippen LogP contribution in [0.25, 0.3) is 0 Å². The van der Waals surface area contributed by atoms with Crippen molar-refractivity contribution in [3.63, 3.8) is 0 Å². The van der Waals surface area contributed by atoms with Crippen molar-refractivity contribution in [2.45, 2.75) is 0 Å². The van der Waals surface area contributed by atoms with Crippen molar-refractivity contribution in [1.29, 1.82) is 0 Å². The summed E-state index contributed by atoms with van der Waals surface area (Å²) in [6.07, 6.45) is 3.29. The molecular weight excluding hydrogens is 305 g/mol. The van der Waals surface area contributed by atoms with E-state index in [4.69, 9.17) is 11.6 Å². The molecule has 0 aliphatic carbocycles. The van der Waals surface area contributed by atoms with Gasteiger partial charge < -0.3 is 5.32 Å². The number of amides is 1. The van der Waals surface area contributed by atoms with E-state index in [1.54, 1.807) is 42.3 Å². The lowest BCUT2D eigenvalue weighted by Crippen LogP contribution is -2.11. The van der Waals surface area contributed by atoms with E-state index >= 15 is 0 Å². The van der Waals surface area contributed by atoms with Crippen molar-refractivity contribution in [2.75, 3.05) is 5.32 Å². The average molecular weight is 315 g/mol. The lowest BCUT2D eigenvalue weighted by molar-refractivity contribution is 0.102. The minimum atomic E-state index is -0.254. The van der Waals surface area contributed by atoms with Crippen molar-refractivity contribution in [3.05, 3.63) is 45.7 Å². The summed E-state index contributed by atoms with van der Waals surface area (Å²) in [5, 5.41) is 7.08. The first kappa shape index (κ1) is 12.1. The van der Waals surface area contributed by atoms with Gasteiger partial charge in [-0.2, -0.15) is 5.10 Å². The van der Waals surface area contributed by atoms with Crippen LogP contribution < -0.4 is 5.32 Å². The number of aryl methyl sites for hydroxylation is 1. The highest BCUT2D eigenvalue weighted by molar-refractivity contribution is 9.10. The maximum atomic E-state index is 11.9. The maximum absolute atomic E-state index is 11.9. The van der Waals surface area contributed by atoms with Crippen molar-refractivity contribution in [3.8, 4) is 0 Å². The third-order valence-corrected chi connectivity index (χ3v) is 2.94. The number of nitrogens with zero attached hydrogens (tertiary/aromatic N) is 2. The fourth-order valence-electron chi connectivity index (χ4n) is 1.36. The molecular formula is C11H9BrClN3O. The predicted octanol–water partition coefficient (Wildman–Crippen LogP) is 3.09. The number of benzene rings is 1. The SMILES string of the molecule is Cn1cc(NC(=O)c2ccc(Br)cc2Cl)cn1. The van der Waals surface area contributed by atoms with E-state index < -0.39 is 0 Å². The highest BCUT2D eigenvalue weighted by Crippen LogP contribution is 2.22. The number of anilines is 1. The van der Waals surface area contributed by atoms with Crippen LogP contribution in [0.15, 0.2) is 35.1 Å². The van der Waals surface area contributed by atoms with Gasteiger partial charge in [0.1, 0.15) is 0 Å². The predicted molar refractivity (Wildman–Crippen MR) is 70.3 cm³/mol. The van der Waals surface area contributed by atoms with E-state index in [1.807, 2.05) is 0 Å². The molecule has 1 aromatic carbocycles. The number of hydrogen-bond donors (Lipinski definition) is 1. The Kier molecular flexibility index (Phi) is 3.49. The Labute approximate surface area is 112 Å². The molecule has 0 saturated carbocycles. The number of rotatable bonds is 2. The van der Waals surface area contributed by atoms with Crippen LogP contribution in [0.3, 0.4) is 0 Å². The summed E-state index contributed by atoms with van der Waals surface area (Å²) in [6.45, 7) is 0. The van der Waals surface area contributed by atoms with Crippen LogP contribution in [0.5, 0.6) is 0 Å². The van der Waals surface area contributed by atoms with Crippen molar-refractivity contribution < 1.29 is 4.79 Å². The van der Waals surface area contributed by atoms with Gasteiger partial charge in [0, 0.05) is 17.7 Å². The number of nitrogens with one attached hydrogen (secondary N) is 1. The Hall–Kier alpha value is -1.33. The van der Waals surface area contributed by atoms with E-state index in [-0.39, 0.29) is 5.91 Å². The summed E-state index contributed by atoms with van der Waals surface area (Å²) < 4.78 is 2.44. The van der Waals surface area contributed by atoms with E-state index in [0.29, 0.717) is 16.3 Å². The molecule has 1 amide bonds. The molecule has 0 radical (unpaired) electrons. The fourth-order valence-corrected chi connectivity index (χ4v) is 2.12. The molecule has 0 fully saturated rings. The zero-order valence-electron chi connectivity index (χ0n) is 8.95. The largest absolute Gasteiger partial charge is 0.319 e. The first-order valence-electron chi connectivity index (χ1n) is 4.81. The Morgan fingerprint density at radius 3 is 2.88 bits per heavy atom. The molecule has 0 bridgehead atoms. The number of carbonyl (C=O) groups excluding carboxylic acids is 1. The molecule has 0 unspecified atom stereocenters. The Morgan fingerprint density at radius 1 is 1.53 bits per heavy atom. The second-order valence-corrected chi connectivity index (χ2v) is 4.80. The summed E-state index contributed by atoms with van der Waals surface area (Å²) in [5.41, 5.74) is 1.07. The van der Waals surface area contributed by atoms with Crippen LogP contribution in [0.2, 0.25) is 5.02 Å². The summed E-state index contributed by atoms with van der Waals surface area (Å²) in [5.74, 6) is -0.254. The lowest BCUT2D eigenvalue weighted by atomic mass is 10.2. The third kappa shape index (κ3) is 2.87. The average Bonchev–Trinajstić information content (AvgIpc) is 2.63. The first-order valence-corrected chi connectivity index (χ1v) is 5.98. The normalized spacial score (nSPS) is 10.3. The zero-order valence-corrected chi connectivity index (χ0v) is 11.3. The number of halogens is 2. The van der Waals surface area contributed by atoms with E-state index in [9.17, 15) is 4.79 Å². The Bertz CT molecular complexity index is 568. The van der Waals surface area contributed by atoms with Crippen LogP contribution in [0.1, 0.15) is 10.4 Å². The van der Waals surface area contributed by atoms with Gasteiger partial charge in [-0.05, 0) is 18.2 Å². The first-order chi connectivity index (χ1) is 8.06. The molecule has 1 heterocycles. The van der Waals surface area contributed by atoms with Crippen molar-refractivity contribution >= 4 is 39.1 Å². The third-order valence-electron chi connectivity index (χ3n) is 2.14. The van der Waals surface area contributed by atoms with Crippen LogP contribution in [0, 0.1) is 0 Å². The van der Waals surface area contributed by atoms with Gasteiger partial charge in [0.15, 0.2) is 0 Å². The molecule has 0 aliphatic heterocycles. The molecule has 1 aromatic heterocycles. The maximum Gasteiger partial charge on any atom is 0.257 e. The molecule has 6 heteroatoms. The molecule has 0 saturated heterocycles. The number of aromatic nitrogens is 2. The number of carbonyl (C=O) groups is 1. The van der Waals surface area contributed by atoms with Gasteiger partial charge in [-0.3, -0.25) is 9.48 Å². The van der Waals surface area contributed by atoms with E-state index in [2.05, 4.69) is 26.3 Å². The van der Waals surface area contributed by atoms with Gasteiger partial charge in [0.05, 0.1) is 22.5 Å². The molecule has 88 valence electrons. The molecule has 0 aliphatic rings. The highest BCUT2D eigenvalue weighted by Gasteiger charge is 2.11. The van der Waals surface area contributed by atoms with Gasteiger partial charge in [-0.15, -0.1) is 0 Å². The van der Waals surface area contributed by atoms with E-state index in [1.165, 1.54) is 0 Å². The van der Waals surface area contributed by atoms with Gasteiger partial charge in [-0.1, -0.05) is 27.5 Å². The van der Waals surface area contributed by atoms with Crippen LogP contribution in [-0.2, 0) is 7.05 Å². The van der Waals surface area contributed by atoms with Gasteiger partial charge in [0.2, 0.25) is 0 Å². The Morgan fingerprint density at radius 2 is 2.29 bits per heavy atom. The van der Waals surface area contributed by atoms with Crippen LogP contribution in [-0.4, -0.2) is 15.7 Å². The quantitative estimate of drug-likeness (QED) is 0.926. The lowest BCUT2D eigenvalue weighted by Gasteiger charge is -2.04. The standard InChI is InChI=1S/C11H9BrClN3O/c1-16-6-8(5-14-16)15-11(17)9-3-2-7(12)4-10(9)13/h2-6H,1H3,(H,15,17). The Balaban J connectivity index is 2.20. The molecule has 17 heavy (non-hydrogen) atoms. The summed E-state index contributed by atoms with van der Waals surface area (Å²) in [7, 11) is 1.78. The highest BCUT2D eigenvalue weighted by atomic mass is 79.9. The van der Waals surface area contributed by atoms with Crippen molar-refractivity contribution in [1.82, 2.24) is 9.78 Å². The van der Waals surface area contributed by atoms with Crippen LogP contribution >= 0.6 is 27.5 Å². The second kappa shape index (κ2) is 4.89. The van der Waals surface area contributed by atoms with Gasteiger partial charge in [-0.25, -0.2) is 0 Å². The minimum Gasteiger partial charge on any atom is -0.319 e. The monoisotopic (exact) mass is 313 g/mol. The molecule has 0 atom stereocenters. The van der Waals surface area contributed by atoms with Gasteiger partial charge >= 0.3 is 0 Å². The fraction of sp³-hybridized carbons (Fsp3) is 0.0909.